The van der Waals surface area contributed by atoms with Gasteiger partial charge in [0.05, 0.1) is 52.1 Å². The maximum Gasteiger partial charge on any atom is 0.291 e. The van der Waals surface area contributed by atoms with Gasteiger partial charge in [0.15, 0.2) is 5.01 Å². The highest BCUT2D eigenvalue weighted by atomic mass is 32.1. The third kappa shape index (κ3) is 6.37. The van der Waals surface area contributed by atoms with E-state index in [0.29, 0.717) is 58.8 Å². The fraction of sp³-hybridized carbons (Fsp3) is 0.429. The minimum atomic E-state index is -2.64. The van der Waals surface area contributed by atoms with E-state index < -0.39 is 24.1 Å². The van der Waals surface area contributed by atoms with E-state index in [1.807, 2.05) is 12.1 Å². The maximum absolute atomic E-state index is 14.4. The Hall–Kier alpha value is -4.09. The lowest BCUT2D eigenvalue weighted by atomic mass is 9.86. The first-order chi connectivity index (χ1) is 20.0. The molecule has 4 heterocycles. The number of hydrogen-bond donors (Lipinski definition) is 3. The molecule has 1 atom stereocenters. The molecule has 3 N–H and O–H groups in total. The highest BCUT2D eigenvalue weighted by Gasteiger charge is 2.29. The van der Waals surface area contributed by atoms with Crippen molar-refractivity contribution in [3.63, 3.8) is 0 Å². The summed E-state index contributed by atoms with van der Waals surface area (Å²) >= 11 is 0.944. The molecule has 4 aromatic rings. The van der Waals surface area contributed by atoms with E-state index in [1.165, 1.54) is 26.2 Å². The molecule has 0 unspecified atom stereocenters. The van der Waals surface area contributed by atoms with Crippen LogP contribution in [0.4, 0.5) is 18.9 Å². The second-order valence-electron chi connectivity index (χ2n) is 10.8. The van der Waals surface area contributed by atoms with Crippen LogP contribution in [0.2, 0.25) is 0 Å². The lowest BCUT2D eigenvalue weighted by molar-refractivity contribution is -0.00177. The van der Waals surface area contributed by atoms with E-state index in [4.69, 9.17) is 0 Å². The van der Waals surface area contributed by atoms with Gasteiger partial charge in [-0.15, -0.1) is 10.2 Å². The number of rotatable bonds is 9. The zero-order valence-electron chi connectivity index (χ0n) is 22.9. The van der Waals surface area contributed by atoms with E-state index in [-0.39, 0.29) is 29.1 Å². The molecule has 42 heavy (non-hydrogen) atoms. The lowest BCUT2D eigenvalue weighted by Crippen LogP contribution is -2.42. The number of nitrogens with zero attached hydrogens (tertiary/aromatic N) is 6. The van der Waals surface area contributed by atoms with Crippen molar-refractivity contribution in [2.24, 2.45) is 0 Å². The van der Waals surface area contributed by atoms with E-state index >= 15 is 0 Å². The summed E-state index contributed by atoms with van der Waals surface area (Å²) in [6.45, 7) is 2.27. The van der Waals surface area contributed by atoms with Crippen molar-refractivity contribution in [3.05, 3.63) is 57.8 Å². The zero-order chi connectivity index (χ0) is 30.0. The molecule has 220 valence electrons. The third-order valence-electron chi connectivity index (χ3n) is 7.33. The first-order valence-corrected chi connectivity index (χ1v) is 14.3. The van der Waals surface area contributed by atoms with Gasteiger partial charge in [-0.1, -0.05) is 11.3 Å². The van der Waals surface area contributed by atoms with Gasteiger partial charge in [0, 0.05) is 18.2 Å². The number of nitriles is 1. The van der Waals surface area contributed by atoms with Crippen LogP contribution in [0.15, 0.2) is 36.7 Å². The molecule has 1 amide bonds. The van der Waals surface area contributed by atoms with Crippen molar-refractivity contribution in [1.82, 2.24) is 30.1 Å². The quantitative estimate of drug-likeness (QED) is 0.244. The summed E-state index contributed by atoms with van der Waals surface area (Å²) in [7, 11) is 0. The Kier molecular flexibility index (Phi) is 8.42. The topological polar surface area (TPSA) is 141 Å². The predicted molar refractivity (Wildman–Crippen MR) is 150 cm³/mol. The van der Waals surface area contributed by atoms with E-state index in [9.17, 15) is 28.3 Å². The van der Waals surface area contributed by atoms with Gasteiger partial charge in [-0.3, -0.25) is 9.78 Å². The van der Waals surface area contributed by atoms with Crippen molar-refractivity contribution in [1.29, 1.82) is 5.26 Å². The standard InChI is InChI=1S/C28H29F3N8O2S/c1-28(2,41)23(29)14-34-25(40)19-13-33-21(22-8-7-18-9-15(11-32)12-35-39(18)22)10-20(19)36-17-5-3-16(4-6-17)26-37-38-27(42-26)24(30)31/h7-10,12-13,16-17,23-24,41H,3-6,14H2,1-2H3,(H,33,36)(H,34,40)/t16?,17?,23-/m1/s1. The van der Waals surface area contributed by atoms with Crippen LogP contribution in [-0.2, 0) is 0 Å². The van der Waals surface area contributed by atoms with Crippen LogP contribution in [0, 0.1) is 11.3 Å². The fourth-order valence-corrected chi connectivity index (χ4v) is 5.75. The Balaban J connectivity index is 1.38. The first kappa shape index (κ1) is 29.4. The average molecular weight is 599 g/mol. The van der Waals surface area contributed by atoms with Gasteiger partial charge in [-0.05, 0) is 63.8 Å². The number of aliphatic hydroxyl groups is 1. The van der Waals surface area contributed by atoms with Gasteiger partial charge < -0.3 is 15.7 Å². The van der Waals surface area contributed by atoms with Crippen molar-refractivity contribution in [3.8, 4) is 17.5 Å². The molecule has 1 saturated carbocycles. The molecule has 0 aromatic carbocycles. The first-order valence-electron chi connectivity index (χ1n) is 13.4. The molecular weight excluding hydrogens is 569 g/mol. The number of alkyl halides is 3. The molecule has 0 radical (unpaired) electrons. The number of halogens is 3. The molecule has 0 aliphatic heterocycles. The lowest BCUT2D eigenvalue weighted by Gasteiger charge is -2.29. The van der Waals surface area contributed by atoms with Gasteiger partial charge in [0.2, 0.25) is 0 Å². The fourth-order valence-electron chi connectivity index (χ4n) is 4.88. The Labute approximate surface area is 243 Å². The summed E-state index contributed by atoms with van der Waals surface area (Å²) in [5, 5.41) is 37.3. The number of pyridine rings is 1. The molecule has 4 aromatic heterocycles. The summed E-state index contributed by atoms with van der Waals surface area (Å²) in [5.74, 6) is -0.522. The smallest absolute Gasteiger partial charge is 0.291 e. The molecule has 0 saturated heterocycles. The van der Waals surface area contributed by atoms with Gasteiger partial charge in [0.25, 0.3) is 12.3 Å². The minimum Gasteiger partial charge on any atom is -0.387 e. The number of aromatic nitrogens is 5. The number of carbonyl (C=O) groups is 1. The van der Waals surface area contributed by atoms with Crippen LogP contribution in [0.3, 0.4) is 0 Å². The van der Waals surface area contributed by atoms with Crippen LogP contribution >= 0.6 is 11.3 Å². The van der Waals surface area contributed by atoms with Gasteiger partial charge in [-0.25, -0.2) is 17.7 Å². The third-order valence-corrected chi connectivity index (χ3v) is 8.42. The number of fused-ring (bicyclic) bond motifs is 1. The predicted octanol–water partition coefficient (Wildman–Crippen LogP) is 5.03. The van der Waals surface area contributed by atoms with Crippen LogP contribution in [-0.4, -0.2) is 60.2 Å². The highest BCUT2D eigenvalue weighted by molar-refractivity contribution is 7.11. The van der Waals surface area contributed by atoms with Crippen LogP contribution in [0.5, 0.6) is 0 Å². The van der Waals surface area contributed by atoms with E-state index in [2.05, 4.69) is 37.0 Å². The van der Waals surface area contributed by atoms with Gasteiger partial charge in [-0.2, -0.15) is 10.4 Å². The minimum absolute atomic E-state index is 0.0311. The maximum atomic E-state index is 14.4. The number of nitrogens with one attached hydrogen (secondary N) is 2. The van der Waals surface area contributed by atoms with Crippen molar-refractivity contribution in [2.75, 3.05) is 11.9 Å². The normalized spacial score (nSPS) is 18.1. The second kappa shape index (κ2) is 12.0. The number of amides is 1. The Morgan fingerprint density at radius 3 is 2.62 bits per heavy atom. The summed E-state index contributed by atoms with van der Waals surface area (Å²) < 4.78 is 42.0. The summed E-state index contributed by atoms with van der Waals surface area (Å²) in [4.78, 5) is 17.6. The molecule has 1 aliphatic rings. The summed E-state index contributed by atoms with van der Waals surface area (Å²) in [6.07, 6.45) is 1.35. The number of anilines is 1. The second-order valence-corrected chi connectivity index (χ2v) is 11.9. The molecule has 10 nitrogen and oxygen atoms in total. The van der Waals surface area contributed by atoms with Crippen molar-refractivity contribution >= 4 is 28.4 Å². The Bertz CT molecular complexity index is 1620. The zero-order valence-corrected chi connectivity index (χ0v) is 23.7. The van der Waals surface area contributed by atoms with E-state index in [1.54, 1.807) is 16.6 Å². The van der Waals surface area contributed by atoms with Gasteiger partial charge >= 0.3 is 0 Å². The Morgan fingerprint density at radius 2 is 1.95 bits per heavy atom. The molecule has 14 heteroatoms. The summed E-state index contributed by atoms with van der Waals surface area (Å²) in [6, 6.07) is 9.08. The van der Waals surface area contributed by atoms with Crippen LogP contribution < -0.4 is 10.6 Å². The van der Waals surface area contributed by atoms with Crippen molar-refractivity contribution in [2.45, 2.75) is 69.7 Å². The number of hydrogen-bond acceptors (Lipinski definition) is 9. The number of carbonyl (C=O) groups excluding carboxylic acids is 1. The van der Waals surface area contributed by atoms with Crippen LogP contribution in [0.1, 0.15) is 77.8 Å². The van der Waals surface area contributed by atoms with Crippen LogP contribution in [0.25, 0.3) is 16.9 Å². The highest BCUT2D eigenvalue weighted by Crippen LogP contribution is 2.37. The van der Waals surface area contributed by atoms with Gasteiger partial charge in [0.1, 0.15) is 17.2 Å². The largest absolute Gasteiger partial charge is 0.387 e. The molecular formula is C28H29F3N8O2S. The molecule has 5 rings (SSSR count). The van der Waals surface area contributed by atoms with Crippen molar-refractivity contribution < 1.29 is 23.1 Å². The molecule has 0 bridgehead atoms. The summed E-state index contributed by atoms with van der Waals surface area (Å²) in [5.41, 5.74) is 1.36. The monoisotopic (exact) mass is 598 g/mol. The molecule has 0 spiro atoms. The SMILES string of the molecule is CC(C)(O)[C@H](F)CNC(=O)c1cnc(-c2ccc3cc(C#N)cnn23)cc1NC1CCC(c2nnc(C(F)F)s2)CC1. The average Bonchev–Trinajstić information content (AvgIpc) is 3.63. The molecule has 1 aliphatic carbocycles. The van der Waals surface area contributed by atoms with E-state index in [0.717, 1.165) is 11.3 Å². The molecule has 1 fully saturated rings. The Morgan fingerprint density at radius 1 is 1.19 bits per heavy atom.